The van der Waals surface area contributed by atoms with Crippen LogP contribution in [0.3, 0.4) is 0 Å². The molecule has 25 heavy (non-hydrogen) atoms. The quantitative estimate of drug-likeness (QED) is 0.545. The second-order valence-electron chi connectivity index (χ2n) is 4.62. The maximum Gasteiger partial charge on any atom is 0.339 e. The molecule has 0 bridgehead atoms. The number of carboxylic acids is 1. The highest BCUT2D eigenvalue weighted by atomic mass is 32.2. The maximum atomic E-state index is 11.4. The number of para-hydroxylation sites is 1. The van der Waals surface area contributed by atoms with Crippen LogP contribution in [-0.2, 0) is 20.2 Å². The van der Waals surface area contributed by atoms with E-state index in [-0.39, 0.29) is 0 Å². The Morgan fingerprint density at radius 1 is 0.880 bits per heavy atom. The summed E-state index contributed by atoms with van der Waals surface area (Å²) in [6, 6.07) is 5.61. The van der Waals surface area contributed by atoms with E-state index >= 15 is 0 Å². The van der Waals surface area contributed by atoms with Gasteiger partial charge >= 0.3 is 5.97 Å². The van der Waals surface area contributed by atoms with E-state index in [1.165, 1.54) is 12.1 Å². The van der Waals surface area contributed by atoms with Crippen LogP contribution in [0.15, 0.2) is 46.2 Å². The molecule has 0 saturated carbocycles. The second kappa shape index (κ2) is 6.33. The fourth-order valence-corrected chi connectivity index (χ4v) is 3.10. The first-order valence-electron chi connectivity index (χ1n) is 6.23. The number of carbonyl (C=O) groups is 1. The van der Waals surface area contributed by atoms with Crippen molar-refractivity contribution >= 4 is 26.2 Å². The summed E-state index contributed by atoms with van der Waals surface area (Å²) in [5.41, 5.74) is -0.831. The van der Waals surface area contributed by atoms with Gasteiger partial charge in [-0.1, -0.05) is 12.1 Å². The number of benzene rings is 2. The van der Waals surface area contributed by atoms with E-state index < -0.39 is 58.8 Å². The zero-order valence-electron chi connectivity index (χ0n) is 12.0. The lowest BCUT2D eigenvalue weighted by atomic mass is 10.2. The van der Waals surface area contributed by atoms with E-state index in [1.54, 1.807) is 0 Å². The number of aromatic carboxylic acids is 1. The third kappa shape index (κ3) is 4.06. The van der Waals surface area contributed by atoms with Crippen molar-refractivity contribution in [3.63, 3.8) is 0 Å². The third-order valence-corrected chi connectivity index (χ3v) is 4.69. The van der Waals surface area contributed by atoms with Gasteiger partial charge in [-0.25, -0.2) is 4.79 Å². The summed E-state index contributed by atoms with van der Waals surface area (Å²) in [6.45, 7) is 0. The minimum Gasteiger partial charge on any atom is -0.507 e. The van der Waals surface area contributed by atoms with Crippen LogP contribution in [0.5, 0.6) is 17.2 Å². The van der Waals surface area contributed by atoms with Crippen LogP contribution in [0.1, 0.15) is 10.4 Å². The molecule has 4 N–H and O–H groups in total. The summed E-state index contributed by atoms with van der Waals surface area (Å²) in [7, 11) is -9.71. The van der Waals surface area contributed by atoms with Gasteiger partial charge in [-0.2, -0.15) is 16.8 Å². The first-order chi connectivity index (χ1) is 11.4. The van der Waals surface area contributed by atoms with Gasteiger partial charge in [0.15, 0.2) is 5.75 Å². The van der Waals surface area contributed by atoms with Gasteiger partial charge in [0.2, 0.25) is 0 Å². The molecule has 2 aromatic rings. The summed E-state index contributed by atoms with van der Waals surface area (Å²) in [4.78, 5) is 9.24. The number of hydrogen-bond donors (Lipinski definition) is 4. The molecule has 0 fully saturated rings. The molecule has 10 nitrogen and oxygen atoms in total. The highest BCUT2D eigenvalue weighted by molar-refractivity contribution is 7.86. The van der Waals surface area contributed by atoms with Crippen molar-refractivity contribution in [2.75, 3.05) is 0 Å². The number of aromatic hydroxyl groups is 1. The number of ether oxygens (including phenoxy) is 1. The molecule has 0 saturated heterocycles. The van der Waals surface area contributed by atoms with Crippen molar-refractivity contribution in [3.8, 4) is 17.2 Å². The van der Waals surface area contributed by atoms with Gasteiger partial charge in [0.25, 0.3) is 20.2 Å². The van der Waals surface area contributed by atoms with Gasteiger partial charge in [-0.15, -0.1) is 0 Å². The number of phenols is 1. The first-order valence-corrected chi connectivity index (χ1v) is 9.11. The molecule has 0 atom stereocenters. The number of hydrogen-bond acceptors (Lipinski definition) is 7. The van der Waals surface area contributed by atoms with Crippen LogP contribution < -0.4 is 4.74 Å². The molecule has 0 amide bonds. The van der Waals surface area contributed by atoms with E-state index in [0.29, 0.717) is 12.1 Å². The molecule has 0 aromatic heterocycles. The zero-order chi connectivity index (χ0) is 19.0. The molecule has 0 heterocycles. The average Bonchev–Trinajstić information content (AvgIpc) is 2.45. The van der Waals surface area contributed by atoms with Gasteiger partial charge < -0.3 is 14.9 Å². The van der Waals surface area contributed by atoms with Crippen molar-refractivity contribution in [2.24, 2.45) is 0 Å². The zero-order valence-corrected chi connectivity index (χ0v) is 13.7. The Hall–Kier alpha value is -2.67. The SMILES string of the molecule is O=C(O)c1cc(S(=O)(=O)O)c(Oc2ccccc2S(=O)(=O)O)cc1O. The molecule has 0 radical (unpaired) electrons. The predicted octanol–water partition coefficient (Wildman–Crippen LogP) is 1.38. The summed E-state index contributed by atoms with van der Waals surface area (Å²) in [6.07, 6.45) is 0. The molecule has 0 aliphatic heterocycles. The number of carboxylic acid groups (broad SMARTS) is 1. The molecule has 0 unspecified atom stereocenters. The van der Waals surface area contributed by atoms with Crippen molar-refractivity contribution < 1.29 is 45.7 Å². The highest BCUT2D eigenvalue weighted by Crippen LogP contribution is 2.36. The minimum absolute atomic E-state index is 0.443. The van der Waals surface area contributed by atoms with Crippen molar-refractivity contribution in [1.82, 2.24) is 0 Å². The highest BCUT2D eigenvalue weighted by Gasteiger charge is 2.25. The molecular weight excluding hydrogens is 380 g/mol. The van der Waals surface area contributed by atoms with Crippen LogP contribution in [0.25, 0.3) is 0 Å². The lowest BCUT2D eigenvalue weighted by Crippen LogP contribution is -2.07. The van der Waals surface area contributed by atoms with Crippen molar-refractivity contribution in [1.29, 1.82) is 0 Å². The number of rotatable bonds is 5. The van der Waals surface area contributed by atoms with Gasteiger partial charge in [-0.05, 0) is 18.2 Å². The Balaban J connectivity index is 2.70. The van der Waals surface area contributed by atoms with Crippen LogP contribution in [0.4, 0.5) is 0 Å². The maximum absolute atomic E-state index is 11.4. The van der Waals surface area contributed by atoms with E-state index in [2.05, 4.69) is 0 Å². The van der Waals surface area contributed by atoms with Crippen LogP contribution in [0.2, 0.25) is 0 Å². The first kappa shape index (κ1) is 18.7. The van der Waals surface area contributed by atoms with E-state index in [4.69, 9.17) is 14.4 Å². The minimum atomic E-state index is -4.99. The normalized spacial score (nSPS) is 11.9. The van der Waals surface area contributed by atoms with Gasteiger partial charge in [0.1, 0.15) is 26.9 Å². The lowest BCUT2D eigenvalue weighted by Gasteiger charge is -2.13. The molecule has 0 aliphatic rings. The molecule has 2 rings (SSSR count). The Labute approximate surface area is 141 Å². The topological polar surface area (TPSA) is 175 Å². The Kier molecular flexibility index (Phi) is 4.72. The van der Waals surface area contributed by atoms with Crippen molar-refractivity contribution in [2.45, 2.75) is 9.79 Å². The Bertz CT molecular complexity index is 1050. The van der Waals surface area contributed by atoms with Gasteiger partial charge in [0, 0.05) is 6.07 Å². The van der Waals surface area contributed by atoms with Gasteiger partial charge in [-0.3, -0.25) is 9.11 Å². The van der Waals surface area contributed by atoms with E-state index in [9.17, 15) is 31.3 Å². The standard InChI is InChI=1S/C13H10O10S2/c14-8-6-10(12(25(20,21)22)5-7(8)13(15)16)23-9-3-1-2-4-11(9)24(17,18)19/h1-6,14H,(H,15,16)(H,17,18,19)(H,20,21,22). The van der Waals surface area contributed by atoms with Gasteiger partial charge in [0.05, 0.1) is 0 Å². The van der Waals surface area contributed by atoms with Crippen LogP contribution in [-0.4, -0.2) is 42.1 Å². The molecule has 2 aromatic carbocycles. The second-order valence-corrected chi connectivity index (χ2v) is 7.40. The summed E-state index contributed by atoms with van der Waals surface area (Å²) in [5.74, 6) is -3.83. The third-order valence-electron chi connectivity index (χ3n) is 2.92. The molecule has 0 aliphatic carbocycles. The fourth-order valence-electron chi connectivity index (χ4n) is 1.87. The molecule has 0 spiro atoms. The molecular formula is C13H10O10S2. The summed E-state index contributed by atoms with van der Waals surface area (Å²) < 4.78 is 69.0. The Morgan fingerprint density at radius 2 is 1.44 bits per heavy atom. The lowest BCUT2D eigenvalue weighted by molar-refractivity contribution is 0.0693. The fraction of sp³-hybridized carbons (Fsp3) is 0. The Morgan fingerprint density at radius 3 is 1.96 bits per heavy atom. The summed E-state index contributed by atoms with van der Waals surface area (Å²) >= 11 is 0. The van der Waals surface area contributed by atoms with E-state index in [0.717, 1.165) is 12.1 Å². The van der Waals surface area contributed by atoms with E-state index in [1.807, 2.05) is 0 Å². The van der Waals surface area contributed by atoms with Crippen LogP contribution in [0, 0.1) is 0 Å². The predicted molar refractivity (Wildman–Crippen MR) is 81.2 cm³/mol. The molecule has 12 heteroatoms. The largest absolute Gasteiger partial charge is 0.507 e. The monoisotopic (exact) mass is 390 g/mol. The average molecular weight is 390 g/mol. The van der Waals surface area contributed by atoms with Crippen molar-refractivity contribution in [3.05, 3.63) is 42.0 Å². The van der Waals surface area contributed by atoms with Crippen LogP contribution >= 0.6 is 0 Å². The molecule has 134 valence electrons. The summed E-state index contributed by atoms with van der Waals surface area (Å²) in [5, 5.41) is 18.6. The smallest absolute Gasteiger partial charge is 0.339 e.